The highest BCUT2D eigenvalue weighted by Crippen LogP contribution is 2.31. The Hall–Kier alpha value is -3.79. The highest BCUT2D eigenvalue weighted by atomic mass is 19.1. The number of hydrogen-bond acceptors (Lipinski definition) is 8. The fourth-order valence-corrected chi connectivity index (χ4v) is 3.38. The molecule has 3 aromatic heterocycles. The van der Waals surface area contributed by atoms with Gasteiger partial charge >= 0.3 is 6.01 Å². The minimum atomic E-state index is -0.288. The van der Waals surface area contributed by atoms with Crippen molar-refractivity contribution in [2.45, 2.75) is 39.3 Å². The summed E-state index contributed by atoms with van der Waals surface area (Å²) in [5.74, 6) is 0.518. The summed E-state index contributed by atoms with van der Waals surface area (Å²) in [5.41, 5.74) is 8.50. The van der Waals surface area contributed by atoms with E-state index in [0.717, 1.165) is 5.56 Å². The number of anilines is 2. The molecule has 0 bridgehead atoms. The Morgan fingerprint density at radius 3 is 2.65 bits per heavy atom. The summed E-state index contributed by atoms with van der Waals surface area (Å²) < 4.78 is 26.5. The summed E-state index contributed by atoms with van der Waals surface area (Å²) >= 11 is 0. The van der Waals surface area contributed by atoms with Gasteiger partial charge in [0.1, 0.15) is 18.2 Å². The van der Waals surface area contributed by atoms with Gasteiger partial charge in [-0.15, -0.1) is 5.10 Å². The Kier molecular flexibility index (Phi) is 6.60. The highest BCUT2D eigenvalue weighted by molar-refractivity contribution is 5.85. The molecule has 0 saturated heterocycles. The van der Waals surface area contributed by atoms with Crippen LogP contribution < -0.4 is 15.8 Å². The number of nitrogens with one attached hydrogen (secondary N) is 1. The molecule has 34 heavy (non-hydrogen) atoms. The molecule has 3 heterocycles. The Bertz CT molecular complexity index is 1270. The molecule has 9 nitrogen and oxygen atoms in total. The molecule has 0 aliphatic rings. The summed E-state index contributed by atoms with van der Waals surface area (Å²) in [6, 6.07) is 9.85. The number of benzene rings is 1. The second-order valence-electron chi connectivity index (χ2n) is 8.80. The molecule has 0 radical (unpaired) electrons. The smallest absolute Gasteiger partial charge is 0.319 e. The van der Waals surface area contributed by atoms with Gasteiger partial charge in [-0.05, 0) is 51.5 Å². The molecule has 0 saturated carbocycles. The zero-order chi connectivity index (χ0) is 24.3. The number of halogens is 1. The van der Waals surface area contributed by atoms with Crippen LogP contribution in [0.3, 0.4) is 0 Å². The quantitative estimate of drug-likeness (QED) is 0.371. The van der Waals surface area contributed by atoms with Gasteiger partial charge in [0.25, 0.3) is 0 Å². The third-order valence-electron chi connectivity index (χ3n) is 4.97. The lowest BCUT2D eigenvalue weighted by atomic mass is 10.1. The Labute approximate surface area is 197 Å². The summed E-state index contributed by atoms with van der Waals surface area (Å²) in [6.45, 7) is 8.54. The van der Waals surface area contributed by atoms with Gasteiger partial charge in [-0.2, -0.15) is 9.97 Å². The standard InChI is InChI=1S/C24H28FN7O2/c1-15(16-6-8-17(25)9-7-16)28-19-14-18(20-21(26)31-32-11-5-10-27-22(20)32)29-23(30-19)33-12-13-34-24(2,3)4/h5-11,14-15H,12-13H2,1-4H3,(H2,26,31)(H,28,29,30)/t15-/m0/s1. The molecule has 0 aliphatic heterocycles. The van der Waals surface area contributed by atoms with Crippen LogP contribution in [0.4, 0.5) is 16.0 Å². The van der Waals surface area contributed by atoms with Gasteiger partial charge in [0.05, 0.1) is 23.5 Å². The molecule has 4 aromatic rings. The average Bonchev–Trinajstić information content (AvgIpc) is 3.12. The lowest BCUT2D eigenvalue weighted by Crippen LogP contribution is -2.22. The molecule has 0 spiro atoms. The lowest BCUT2D eigenvalue weighted by molar-refractivity contribution is -0.0173. The number of nitrogens with zero attached hydrogens (tertiary/aromatic N) is 5. The van der Waals surface area contributed by atoms with Crippen LogP contribution in [0, 0.1) is 5.82 Å². The number of hydrogen-bond donors (Lipinski definition) is 2. The van der Waals surface area contributed by atoms with Gasteiger partial charge in [-0.25, -0.2) is 13.9 Å². The van der Waals surface area contributed by atoms with Crippen molar-refractivity contribution in [3.05, 3.63) is 60.2 Å². The van der Waals surface area contributed by atoms with Crippen molar-refractivity contribution in [1.82, 2.24) is 24.6 Å². The predicted octanol–water partition coefficient (Wildman–Crippen LogP) is 4.27. The molecule has 10 heteroatoms. The van der Waals surface area contributed by atoms with E-state index < -0.39 is 0 Å². The van der Waals surface area contributed by atoms with Crippen molar-refractivity contribution in [2.75, 3.05) is 24.3 Å². The van der Waals surface area contributed by atoms with Crippen LogP contribution in [-0.4, -0.2) is 43.4 Å². The maximum absolute atomic E-state index is 13.3. The van der Waals surface area contributed by atoms with Gasteiger partial charge < -0.3 is 20.5 Å². The van der Waals surface area contributed by atoms with Crippen molar-refractivity contribution in [3.8, 4) is 17.3 Å². The zero-order valence-electron chi connectivity index (χ0n) is 19.6. The van der Waals surface area contributed by atoms with E-state index in [1.54, 1.807) is 41.2 Å². The number of nitrogen functional groups attached to an aromatic ring is 1. The summed E-state index contributed by atoms with van der Waals surface area (Å²) in [6.07, 6.45) is 3.43. The number of rotatable bonds is 8. The molecule has 3 N–H and O–H groups in total. The van der Waals surface area contributed by atoms with Crippen molar-refractivity contribution in [3.63, 3.8) is 0 Å². The molecule has 0 aliphatic carbocycles. The van der Waals surface area contributed by atoms with Crippen molar-refractivity contribution in [1.29, 1.82) is 0 Å². The van der Waals surface area contributed by atoms with E-state index >= 15 is 0 Å². The normalized spacial score (nSPS) is 12.6. The number of aromatic nitrogens is 5. The van der Waals surface area contributed by atoms with E-state index in [1.807, 2.05) is 27.7 Å². The van der Waals surface area contributed by atoms with Crippen LogP contribution in [0.2, 0.25) is 0 Å². The van der Waals surface area contributed by atoms with E-state index in [4.69, 9.17) is 15.2 Å². The van der Waals surface area contributed by atoms with E-state index in [0.29, 0.717) is 29.3 Å². The highest BCUT2D eigenvalue weighted by Gasteiger charge is 2.19. The minimum Gasteiger partial charge on any atom is -0.461 e. The summed E-state index contributed by atoms with van der Waals surface area (Å²) in [5, 5.41) is 7.65. The Morgan fingerprint density at radius 2 is 1.91 bits per heavy atom. The van der Waals surface area contributed by atoms with E-state index in [9.17, 15) is 4.39 Å². The van der Waals surface area contributed by atoms with Crippen LogP contribution in [0.5, 0.6) is 6.01 Å². The van der Waals surface area contributed by atoms with Gasteiger partial charge in [0.2, 0.25) is 0 Å². The second kappa shape index (κ2) is 9.60. The molecule has 0 fully saturated rings. The SMILES string of the molecule is C[C@H](Nc1cc(-c2c(N)nn3cccnc23)nc(OCCOC(C)(C)C)n1)c1ccc(F)cc1. The molecule has 4 rings (SSSR count). The van der Waals surface area contributed by atoms with Gasteiger partial charge in [-0.3, -0.25) is 0 Å². The van der Waals surface area contributed by atoms with Crippen LogP contribution in [0.25, 0.3) is 16.9 Å². The number of nitrogens with two attached hydrogens (primary N) is 1. The van der Waals surface area contributed by atoms with Crippen LogP contribution in [0.15, 0.2) is 48.8 Å². The zero-order valence-corrected chi connectivity index (χ0v) is 19.6. The maximum atomic E-state index is 13.3. The van der Waals surface area contributed by atoms with Gasteiger partial charge in [0, 0.05) is 24.5 Å². The average molecular weight is 466 g/mol. The third kappa shape index (κ3) is 5.57. The summed E-state index contributed by atoms with van der Waals surface area (Å²) in [7, 11) is 0. The van der Waals surface area contributed by atoms with Crippen LogP contribution in [-0.2, 0) is 4.74 Å². The first-order chi connectivity index (χ1) is 16.2. The fourth-order valence-electron chi connectivity index (χ4n) is 3.38. The van der Waals surface area contributed by atoms with E-state index in [2.05, 4.69) is 25.4 Å². The van der Waals surface area contributed by atoms with Crippen LogP contribution >= 0.6 is 0 Å². The minimum absolute atomic E-state index is 0.153. The summed E-state index contributed by atoms with van der Waals surface area (Å²) in [4.78, 5) is 13.5. The molecule has 1 atom stereocenters. The lowest BCUT2D eigenvalue weighted by Gasteiger charge is -2.19. The second-order valence-corrected chi connectivity index (χ2v) is 8.80. The molecule has 0 unspecified atom stereocenters. The van der Waals surface area contributed by atoms with Crippen molar-refractivity contribution < 1.29 is 13.9 Å². The van der Waals surface area contributed by atoms with E-state index in [-0.39, 0.29) is 35.9 Å². The first-order valence-electron chi connectivity index (χ1n) is 11.0. The van der Waals surface area contributed by atoms with Gasteiger partial charge in [0.15, 0.2) is 11.5 Å². The third-order valence-corrected chi connectivity index (χ3v) is 4.97. The molecular weight excluding hydrogens is 437 g/mol. The van der Waals surface area contributed by atoms with E-state index in [1.165, 1.54) is 12.1 Å². The Balaban J connectivity index is 1.66. The van der Waals surface area contributed by atoms with Crippen molar-refractivity contribution in [2.24, 2.45) is 0 Å². The fraction of sp³-hybridized carbons (Fsp3) is 0.333. The molecule has 0 amide bonds. The van der Waals surface area contributed by atoms with Gasteiger partial charge in [-0.1, -0.05) is 12.1 Å². The Morgan fingerprint density at radius 1 is 1.15 bits per heavy atom. The maximum Gasteiger partial charge on any atom is 0.319 e. The topological polar surface area (TPSA) is 112 Å². The molecule has 1 aromatic carbocycles. The molecular formula is C24H28FN7O2. The number of ether oxygens (including phenoxy) is 2. The first-order valence-corrected chi connectivity index (χ1v) is 11.0. The number of fused-ring (bicyclic) bond motifs is 1. The monoisotopic (exact) mass is 465 g/mol. The van der Waals surface area contributed by atoms with Crippen LogP contribution in [0.1, 0.15) is 39.3 Å². The molecule has 178 valence electrons. The predicted molar refractivity (Wildman–Crippen MR) is 128 cm³/mol. The largest absolute Gasteiger partial charge is 0.461 e. The first kappa shape index (κ1) is 23.4. The van der Waals surface area contributed by atoms with Crippen molar-refractivity contribution >= 4 is 17.3 Å².